The van der Waals surface area contributed by atoms with Gasteiger partial charge in [-0.3, -0.25) is 9.59 Å². The summed E-state index contributed by atoms with van der Waals surface area (Å²) >= 11 is 0. The Morgan fingerprint density at radius 1 is 1.12 bits per heavy atom. The molecule has 138 valence electrons. The Labute approximate surface area is 150 Å². The number of amides is 2. The smallest absolute Gasteiger partial charge is 0.251 e. The van der Waals surface area contributed by atoms with Crippen LogP contribution in [0.4, 0.5) is 5.69 Å². The molecular weight excluding hydrogens is 316 g/mol. The maximum Gasteiger partial charge on any atom is 0.251 e. The Morgan fingerprint density at radius 3 is 2.64 bits per heavy atom. The van der Waals surface area contributed by atoms with Crippen molar-refractivity contribution in [1.29, 1.82) is 0 Å². The van der Waals surface area contributed by atoms with Crippen molar-refractivity contribution < 1.29 is 14.3 Å². The Balaban J connectivity index is 1.84. The van der Waals surface area contributed by atoms with Gasteiger partial charge in [0.25, 0.3) is 5.91 Å². The van der Waals surface area contributed by atoms with E-state index >= 15 is 0 Å². The van der Waals surface area contributed by atoms with Crippen LogP contribution in [-0.4, -0.2) is 31.0 Å². The van der Waals surface area contributed by atoms with Gasteiger partial charge in [-0.05, 0) is 32.0 Å². The van der Waals surface area contributed by atoms with Crippen LogP contribution >= 0.6 is 0 Å². The summed E-state index contributed by atoms with van der Waals surface area (Å²) in [6.07, 6.45) is 7.50. The molecule has 0 bridgehead atoms. The van der Waals surface area contributed by atoms with Crippen molar-refractivity contribution in [3.8, 4) is 5.75 Å². The highest BCUT2D eigenvalue weighted by atomic mass is 16.5. The number of anilines is 1. The lowest BCUT2D eigenvalue weighted by atomic mass is 10.1. The number of nitrogens with zero attached hydrogens (tertiary/aromatic N) is 1. The third-order valence-corrected chi connectivity index (χ3v) is 4.45. The predicted octanol–water partition coefficient (Wildman–Crippen LogP) is 3.67. The number of nitrogens with one attached hydrogen (secondary N) is 1. The number of unbranched alkanes of at least 4 members (excludes halogenated alkanes) is 5. The number of rotatable bonds is 11. The van der Waals surface area contributed by atoms with Gasteiger partial charge in [-0.15, -0.1) is 0 Å². The highest BCUT2D eigenvalue weighted by Gasteiger charge is 2.39. The number of carbonyl (C=O) groups is 2. The van der Waals surface area contributed by atoms with E-state index in [1.165, 1.54) is 37.0 Å². The largest absolute Gasteiger partial charge is 0.494 e. The molecule has 1 saturated heterocycles. The predicted molar refractivity (Wildman–Crippen MR) is 99.9 cm³/mol. The van der Waals surface area contributed by atoms with Crippen LogP contribution in [0, 0.1) is 0 Å². The second-order valence-electron chi connectivity index (χ2n) is 6.48. The van der Waals surface area contributed by atoms with Crippen LogP contribution in [0.5, 0.6) is 5.75 Å². The van der Waals surface area contributed by atoms with Gasteiger partial charge in [0.05, 0.1) is 24.8 Å². The fourth-order valence-corrected chi connectivity index (χ4v) is 3.12. The molecule has 0 aliphatic carbocycles. The molecule has 1 aromatic carbocycles. The summed E-state index contributed by atoms with van der Waals surface area (Å²) in [6.45, 7) is 5.44. The molecule has 0 aromatic heterocycles. The lowest BCUT2D eigenvalue weighted by Gasteiger charge is -2.16. The molecule has 5 heteroatoms. The van der Waals surface area contributed by atoms with E-state index < -0.39 is 6.04 Å². The lowest BCUT2D eigenvalue weighted by molar-refractivity contribution is -0.121. The summed E-state index contributed by atoms with van der Waals surface area (Å²) in [4.78, 5) is 26.2. The van der Waals surface area contributed by atoms with Crippen LogP contribution in [0.2, 0.25) is 0 Å². The molecule has 2 amide bonds. The van der Waals surface area contributed by atoms with Gasteiger partial charge in [0.1, 0.15) is 5.75 Å². The lowest BCUT2D eigenvalue weighted by Crippen LogP contribution is -2.39. The Hall–Kier alpha value is -1.88. The SMILES string of the molecule is CCCCCCCCN[C@H]1CC(=O)N(c2cccc(OCC)c2)C1=O. The first kappa shape index (κ1) is 19.4. The van der Waals surface area contributed by atoms with E-state index in [1.807, 2.05) is 13.0 Å². The quantitative estimate of drug-likeness (QED) is 0.491. The molecule has 5 nitrogen and oxygen atoms in total. The molecule has 1 aromatic rings. The highest BCUT2D eigenvalue weighted by molar-refractivity contribution is 6.22. The molecule has 1 aliphatic heterocycles. The minimum Gasteiger partial charge on any atom is -0.494 e. The van der Waals surface area contributed by atoms with Crippen LogP contribution < -0.4 is 15.0 Å². The van der Waals surface area contributed by atoms with Crippen molar-refractivity contribution in [2.24, 2.45) is 0 Å². The topological polar surface area (TPSA) is 58.6 Å². The van der Waals surface area contributed by atoms with Gasteiger partial charge < -0.3 is 10.1 Å². The second kappa shape index (κ2) is 10.2. The normalized spacial score (nSPS) is 17.4. The third-order valence-electron chi connectivity index (χ3n) is 4.45. The van der Waals surface area contributed by atoms with E-state index in [0.29, 0.717) is 18.0 Å². The Bertz CT molecular complexity index is 574. The van der Waals surface area contributed by atoms with Crippen LogP contribution in [0.15, 0.2) is 24.3 Å². The number of benzene rings is 1. The van der Waals surface area contributed by atoms with Gasteiger partial charge >= 0.3 is 0 Å². The molecule has 1 N–H and O–H groups in total. The average molecular weight is 346 g/mol. The van der Waals surface area contributed by atoms with E-state index in [9.17, 15) is 9.59 Å². The van der Waals surface area contributed by atoms with Crippen LogP contribution in [0.1, 0.15) is 58.8 Å². The van der Waals surface area contributed by atoms with E-state index in [4.69, 9.17) is 4.74 Å². The van der Waals surface area contributed by atoms with Crippen LogP contribution in [0.3, 0.4) is 0 Å². The van der Waals surface area contributed by atoms with Gasteiger partial charge in [0.2, 0.25) is 5.91 Å². The van der Waals surface area contributed by atoms with Crippen molar-refractivity contribution in [1.82, 2.24) is 5.32 Å². The molecule has 0 saturated carbocycles. The Kier molecular flexibility index (Phi) is 7.92. The zero-order valence-electron chi connectivity index (χ0n) is 15.4. The molecule has 0 radical (unpaired) electrons. The summed E-state index contributed by atoms with van der Waals surface area (Å²) in [5.74, 6) is 0.354. The number of hydrogen-bond donors (Lipinski definition) is 1. The molecule has 0 spiro atoms. The fraction of sp³-hybridized carbons (Fsp3) is 0.600. The van der Waals surface area contributed by atoms with Crippen molar-refractivity contribution in [3.05, 3.63) is 24.3 Å². The fourth-order valence-electron chi connectivity index (χ4n) is 3.12. The minimum absolute atomic E-state index is 0.154. The molecule has 2 rings (SSSR count). The van der Waals surface area contributed by atoms with E-state index in [1.54, 1.807) is 18.2 Å². The van der Waals surface area contributed by atoms with Crippen molar-refractivity contribution in [2.45, 2.75) is 64.8 Å². The highest BCUT2D eigenvalue weighted by Crippen LogP contribution is 2.26. The standard InChI is InChI=1S/C20H30N2O3/c1-3-5-6-7-8-9-13-21-18-15-19(23)22(20(18)24)16-11-10-12-17(14-16)25-4-2/h10-12,14,18,21H,3-9,13,15H2,1-2H3/t18-/m0/s1. The minimum atomic E-state index is -0.404. The molecule has 0 unspecified atom stereocenters. The summed E-state index contributed by atoms with van der Waals surface area (Å²) in [5, 5.41) is 3.25. The maximum absolute atomic E-state index is 12.6. The van der Waals surface area contributed by atoms with Gasteiger partial charge in [-0.2, -0.15) is 0 Å². The summed E-state index contributed by atoms with van der Waals surface area (Å²) < 4.78 is 5.46. The summed E-state index contributed by atoms with van der Waals surface area (Å²) in [6, 6.07) is 6.74. The van der Waals surface area contributed by atoms with E-state index in [2.05, 4.69) is 12.2 Å². The molecule has 1 aliphatic rings. The van der Waals surface area contributed by atoms with E-state index in [0.717, 1.165) is 13.0 Å². The second-order valence-corrected chi connectivity index (χ2v) is 6.48. The summed E-state index contributed by atoms with van der Waals surface area (Å²) in [5.41, 5.74) is 0.588. The van der Waals surface area contributed by atoms with Crippen molar-refractivity contribution >= 4 is 17.5 Å². The first-order valence-corrected chi connectivity index (χ1v) is 9.50. The van der Waals surface area contributed by atoms with Crippen molar-refractivity contribution in [2.75, 3.05) is 18.1 Å². The van der Waals surface area contributed by atoms with Gasteiger partial charge in [0, 0.05) is 6.07 Å². The average Bonchev–Trinajstić information content (AvgIpc) is 2.88. The van der Waals surface area contributed by atoms with Crippen LogP contribution in [-0.2, 0) is 9.59 Å². The Morgan fingerprint density at radius 2 is 1.88 bits per heavy atom. The first-order chi connectivity index (χ1) is 12.2. The number of ether oxygens (including phenoxy) is 1. The van der Waals surface area contributed by atoms with Crippen molar-refractivity contribution in [3.63, 3.8) is 0 Å². The number of imide groups is 1. The summed E-state index contributed by atoms with van der Waals surface area (Å²) in [7, 11) is 0. The molecule has 1 heterocycles. The maximum atomic E-state index is 12.6. The molecule has 25 heavy (non-hydrogen) atoms. The monoisotopic (exact) mass is 346 g/mol. The first-order valence-electron chi connectivity index (χ1n) is 9.50. The zero-order valence-corrected chi connectivity index (χ0v) is 15.4. The molecule has 1 atom stereocenters. The van der Waals surface area contributed by atoms with Gasteiger partial charge in [0.15, 0.2) is 0 Å². The zero-order chi connectivity index (χ0) is 18.1. The third kappa shape index (κ3) is 5.56. The van der Waals surface area contributed by atoms with Crippen LogP contribution in [0.25, 0.3) is 0 Å². The van der Waals surface area contributed by atoms with E-state index in [-0.39, 0.29) is 18.2 Å². The number of hydrogen-bond acceptors (Lipinski definition) is 4. The van der Waals surface area contributed by atoms with Gasteiger partial charge in [-0.25, -0.2) is 4.90 Å². The number of carbonyl (C=O) groups excluding carboxylic acids is 2. The molecular formula is C20H30N2O3. The molecule has 1 fully saturated rings. The van der Waals surface area contributed by atoms with Gasteiger partial charge in [-0.1, -0.05) is 45.1 Å².